The molecule has 0 radical (unpaired) electrons. The Kier molecular flexibility index (Phi) is 6.76. The smallest absolute Gasteiger partial charge is 0.259 e. The summed E-state index contributed by atoms with van der Waals surface area (Å²) >= 11 is 0. The topological polar surface area (TPSA) is 118 Å². The highest BCUT2D eigenvalue weighted by Crippen LogP contribution is 2.41. The van der Waals surface area contributed by atoms with Gasteiger partial charge in [0.25, 0.3) is 5.91 Å². The van der Waals surface area contributed by atoms with Crippen LogP contribution in [0.5, 0.6) is 0 Å². The molecule has 10 heteroatoms. The van der Waals surface area contributed by atoms with Crippen LogP contribution < -0.4 is 20.4 Å². The molecule has 210 valence electrons. The Morgan fingerprint density at radius 2 is 1.98 bits per heavy atom. The van der Waals surface area contributed by atoms with Crippen molar-refractivity contribution in [1.29, 1.82) is 5.41 Å². The van der Waals surface area contributed by atoms with Crippen molar-refractivity contribution in [2.45, 2.75) is 50.6 Å². The zero-order valence-corrected chi connectivity index (χ0v) is 22.7. The molecule has 0 spiro atoms. The maximum atomic E-state index is 14.2. The van der Waals surface area contributed by atoms with Gasteiger partial charge in [0.2, 0.25) is 11.8 Å². The van der Waals surface area contributed by atoms with E-state index in [9.17, 15) is 18.8 Å². The van der Waals surface area contributed by atoms with Gasteiger partial charge in [0.1, 0.15) is 6.04 Å². The molecule has 4 heterocycles. The zero-order valence-electron chi connectivity index (χ0n) is 22.7. The molecule has 2 aromatic carbocycles. The lowest BCUT2D eigenvalue weighted by Crippen LogP contribution is -2.53. The molecular formula is C31H31FN6O3. The molecule has 1 unspecified atom stereocenters. The van der Waals surface area contributed by atoms with Crippen LogP contribution in [0.15, 0.2) is 60.4 Å². The average molecular weight is 555 g/mol. The van der Waals surface area contributed by atoms with Crippen molar-refractivity contribution >= 4 is 46.2 Å². The van der Waals surface area contributed by atoms with Gasteiger partial charge in [0.15, 0.2) is 11.6 Å². The largest absolute Gasteiger partial charge is 0.385 e. The van der Waals surface area contributed by atoms with E-state index in [1.807, 2.05) is 35.4 Å². The number of rotatable bonds is 7. The number of aromatic nitrogens is 1. The van der Waals surface area contributed by atoms with E-state index in [1.54, 1.807) is 18.3 Å². The molecule has 0 saturated carbocycles. The molecule has 0 bridgehead atoms. The fraction of sp³-hybridized carbons (Fsp3) is 0.323. The van der Waals surface area contributed by atoms with Gasteiger partial charge >= 0.3 is 0 Å². The summed E-state index contributed by atoms with van der Waals surface area (Å²) in [4.78, 5) is 45.4. The molecule has 1 aromatic heterocycles. The third-order valence-corrected chi connectivity index (χ3v) is 8.43. The standard InChI is InChI=1S/C31H31FN6O3/c1-31(11-14-37(15-12-31)28-23(32)6-3-13-34-28)35-18-19(17-33)16-20-7-8-24-27-21(20)4-2-5-22(27)30(41)38(24)25-9-10-26(39)36-29(25)40/h2-8,13,17-18,25,33,35H,9-12,14-16H2,1H3,(H,36,39,40)/b19-18-,33-17?. The highest BCUT2D eigenvalue weighted by atomic mass is 19.1. The lowest BCUT2D eigenvalue weighted by atomic mass is 9.89. The second-order valence-electron chi connectivity index (χ2n) is 11.2. The number of piperidine rings is 2. The van der Waals surface area contributed by atoms with Gasteiger partial charge in [-0.3, -0.25) is 24.6 Å². The molecule has 3 aromatic rings. The number of hydrogen-bond donors (Lipinski definition) is 3. The summed E-state index contributed by atoms with van der Waals surface area (Å²) in [7, 11) is 0. The molecule has 3 aliphatic rings. The van der Waals surface area contributed by atoms with Gasteiger partial charge in [-0.2, -0.15) is 0 Å². The summed E-state index contributed by atoms with van der Waals surface area (Å²) in [5.74, 6) is -0.956. The number of halogens is 1. The summed E-state index contributed by atoms with van der Waals surface area (Å²) in [6.45, 7) is 3.46. The molecule has 6 rings (SSSR count). The fourth-order valence-electron chi connectivity index (χ4n) is 6.06. The monoisotopic (exact) mass is 554 g/mol. The van der Waals surface area contributed by atoms with E-state index >= 15 is 0 Å². The van der Waals surface area contributed by atoms with E-state index in [2.05, 4.69) is 22.5 Å². The number of carbonyl (C=O) groups excluding carboxylic acids is 3. The van der Waals surface area contributed by atoms with Crippen molar-refractivity contribution in [2.75, 3.05) is 22.9 Å². The van der Waals surface area contributed by atoms with E-state index in [0.29, 0.717) is 36.6 Å². The van der Waals surface area contributed by atoms with Gasteiger partial charge in [0, 0.05) is 61.0 Å². The van der Waals surface area contributed by atoms with Crippen LogP contribution >= 0.6 is 0 Å². The highest BCUT2D eigenvalue weighted by Gasteiger charge is 2.41. The molecule has 0 aliphatic carbocycles. The van der Waals surface area contributed by atoms with Gasteiger partial charge < -0.3 is 15.6 Å². The van der Waals surface area contributed by atoms with E-state index in [1.165, 1.54) is 17.2 Å². The second-order valence-corrected chi connectivity index (χ2v) is 11.2. The van der Waals surface area contributed by atoms with Crippen molar-refractivity contribution in [2.24, 2.45) is 0 Å². The lowest BCUT2D eigenvalue weighted by Gasteiger charge is -2.40. The number of anilines is 2. The quantitative estimate of drug-likeness (QED) is 0.302. The number of pyridine rings is 1. The van der Waals surface area contributed by atoms with Gasteiger partial charge in [0.05, 0.1) is 5.69 Å². The molecule has 1 atom stereocenters. The van der Waals surface area contributed by atoms with Gasteiger partial charge in [-0.15, -0.1) is 0 Å². The van der Waals surface area contributed by atoms with Crippen molar-refractivity contribution < 1.29 is 18.8 Å². The molecular weight excluding hydrogens is 523 g/mol. The number of nitrogens with zero attached hydrogens (tertiary/aromatic N) is 3. The van der Waals surface area contributed by atoms with E-state index in [-0.39, 0.29) is 36.0 Å². The predicted molar refractivity (Wildman–Crippen MR) is 155 cm³/mol. The van der Waals surface area contributed by atoms with Crippen LogP contribution in [-0.4, -0.2) is 53.6 Å². The summed E-state index contributed by atoms with van der Waals surface area (Å²) < 4.78 is 14.2. The molecule has 3 N–H and O–H groups in total. The third kappa shape index (κ3) is 4.83. The minimum atomic E-state index is -0.732. The van der Waals surface area contributed by atoms with Crippen LogP contribution in [0.3, 0.4) is 0 Å². The van der Waals surface area contributed by atoms with Crippen LogP contribution in [0.2, 0.25) is 0 Å². The fourth-order valence-corrected chi connectivity index (χ4v) is 6.06. The Hall–Kier alpha value is -4.60. The Bertz CT molecular complexity index is 1610. The number of carbonyl (C=O) groups is 3. The van der Waals surface area contributed by atoms with Crippen LogP contribution in [0.4, 0.5) is 15.9 Å². The van der Waals surface area contributed by atoms with Crippen molar-refractivity contribution in [3.8, 4) is 0 Å². The number of allylic oxidation sites excluding steroid dienone is 1. The first-order valence-electron chi connectivity index (χ1n) is 13.8. The lowest BCUT2D eigenvalue weighted by molar-refractivity contribution is -0.134. The summed E-state index contributed by atoms with van der Waals surface area (Å²) in [5, 5.41) is 15.6. The predicted octanol–water partition coefficient (Wildman–Crippen LogP) is 3.86. The van der Waals surface area contributed by atoms with Crippen molar-refractivity contribution in [1.82, 2.24) is 15.6 Å². The number of benzene rings is 2. The second kappa shape index (κ2) is 10.4. The SMILES string of the molecule is CC1(N/C=C(\C=N)Cc2ccc3c4c(cccc24)C(=O)N3C2CCC(=O)NC2=O)CCN(c2ncccc2F)CC1. The Labute approximate surface area is 236 Å². The van der Waals surface area contributed by atoms with Crippen LogP contribution in [0.1, 0.15) is 48.5 Å². The minimum absolute atomic E-state index is 0.190. The van der Waals surface area contributed by atoms with E-state index < -0.39 is 11.9 Å². The van der Waals surface area contributed by atoms with E-state index in [0.717, 1.165) is 34.8 Å². The van der Waals surface area contributed by atoms with Crippen molar-refractivity contribution in [3.63, 3.8) is 0 Å². The van der Waals surface area contributed by atoms with Gasteiger partial charge in [-0.1, -0.05) is 18.2 Å². The molecule has 41 heavy (non-hydrogen) atoms. The first-order chi connectivity index (χ1) is 19.8. The van der Waals surface area contributed by atoms with Gasteiger partial charge in [-0.25, -0.2) is 9.37 Å². The Balaban J connectivity index is 1.20. The average Bonchev–Trinajstić information content (AvgIpc) is 3.25. The maximum Gasteiger partial charge on any atom is 0.259 e. The van der Waals surface area contributed by atoms with Crippen LogP contribution in [0, 0.1) is 11.2 Å². The number of hydrogen-bond acceptors (Lipinski definition) is 7. The van der Waals surface area contributed by atoms with Crippen LogP contribution in [-0.2, 0) is 16.0 Å². The van der Waals surface area contributed by atoms with Crippen LogP contribution in [0.25, 0.3) is 10.8 Å². The Morgan fingerprint density at radius 1 is 1.17 bits per heavy atom. The molecule has 2 saturated heterocycles. The Morgan fingerprint density at radius 3 is 2.71 bits per heavy atom. The summed E-state index contributed by atoms with van der Waals surface area (Å²) in [6, 6.07) is 11.6. The van der Waals surface area contributed by atoms with Gasteiger partial charge in [-0.05, 0) is 67.0 Å². The normalized spacial score (nSPS) is 20.4. The van der Waals surface area contributed by atoms with E-state index in [4.69, 9.17) is 5.41 Å². The maximum absolute atomic E-state index is 14.2. The molecule has 2 fully saturated rings. The molecule has 9 nitrogen and oxygen atoms in total. The highest BCUT2D eigenvalue weighted by molar-refractivity contribution is 6.27. The minimum Gasteiger partial charge on any atom is -0.385 e. The number of imide groups is 1. The third-order valence-electron chi connectivity index (χ3n) is 8.43. The molecule has 3 amide bonds. The first-order valence-corrected chi connectivity index (χ1v) is 13.8. The number of nitrogens with one attached hydrogen (secondary N) is 3. The first kappa shape index (κ1) is 26.6. The summed E-state index contributed by atoms with van der Waals surface area (Å²) in [6.07, 6.45) is 7.33. The van der Waals surface area contributed by atoms with Crippen molar-refractivity contribution in [3.05, 3.63) is 77.4 Å². The molecule has 3 aliphatic heterocycles. The zero-order chi connectivity index (χ0) is 28.7. The number of amides is 3. The summed E-state index contributed by atoms with van der Waals surface area (Å²) in [5.41, 5.74) is 2.72.